The number of unbranched alkanes of at least 4 members (excludes halogenated alkanes) is 1. The standard InChI is InChI=1S/C18H18N4OS4/c1-3-4-7-27(23)18-14(19)13-11(15-10(2)21-9-25-15)8-12(22-17(13)26-18)16-20-5-6-24-16/h5-6,8-9H,3-4,7,19H2,1-2H3. The van der Waals surface area contributed by atoms with Gasteiger partial charge in [-0.25, -0.2) is 15.0 Å². The Morgan fingerprint density at radius 3 is 2.78 bits per heavy atom. The quantitative estimate of drug-likeness (QED) is 0.414. The largest absolute Gasteiger partial charge is 0.611 e. The summed E-state index contributed by atoms with van der Waals surface area (Å²) >= 11 is 3.46. The molecule has 0 fully saturated rings. The van der Waals surface area contributed by atoms with Gasteiger partial charge in [0.2, 0.25) is 4.21 Å². The van der Waals surface area contributed by atoms with Gasteiger partial charge in [-0.3, -0.25) is 0 Å². The molecule has 0 aliphatic carbocycles. The maximum atomic E-state index is 12.8. The van der Waals surface area contributed by atoms with E-state index in [-0.39, 0.29) is 0 Å². The van der Waals surface area contributed by atoms with Gasteiger partial charge in [0.05, 0.1) is 16.1 Å². The molecule has 0 saturated heterocycles. The zero-order valence-electron chi connectivity index (χ0n) is 14.9. The Morgan fingerprint density at radius 1 is 1.26 bits per heavy atom. The summed E-state index contributed by atoms with van der Waals surface area (Å²) in [5, 5.41) is 3.68. The van der Waals surface area contributed by atoms with E-state index in [1.54, 1.807) is 28.9 Å². The maximum absolute atomic E-state index is 12.8. The molecule has 0 amide bonds. The van der Waals surface area contributed by atoms with E-state index in [0.29, 0.717) is 11.4 Å². The van der Waals surface area contributed by atoms with Gasteiger partial charge in [0.1, 0.15) is 27.0 Å². The van der Waals surface area contributed by atoms with Gasteiger partial charge in [-0.05, 0) is 30.6 Å². The van der Waals surface area contributed by atoms with Crippen molar-refractivity contribution < 1.29 is 4.55 Å². The molecule has 4 heterocycles. The number of fused-ring (bicyclic) bond motifs is 1. The van der Waals surface area contributed by atoms with E-state index in [4.69, 9.17) is 10.7 Å². The van der Waals surface area contributed by atoms with Crippen LogP contribution in [0.2, 0.25) is 0 Å². The van der Waals surface area contributed by atoms with Crippen molar-refractivity contribution >= 4 is 61.1 Å². The summed E-state index contributed by atoms with van der Waals surface area (Å²) < 4.78 is 13.5. The monoisotopic (exact) mass is 434 g/mol. The highest BCUT2D eigenvalue weighted by Gasteiger charge is 2.25. The van der Waals surface area contributed by atoms with Crippen LogP contribution in [0.4, 0.5) is 5.69 Å². The summed E-state index contributed by atoms with van der Waals surface area (Å²) in [6, 6.07) is 2.03. The second-order valence-corrected chi connectivity index (χ2v) is 10.6. The minimum Gasteiger partial charge on any atom is -0.611 e. The lowest BCUT2D eigenvalue weighted by Crippen LogP contribution is -2.06. The Kier molecular flexibility index (Phi) is 5.47. The Morgan fingerprint density at radius 2 is 2.11 bits per heavy atom. The first kappa shape index (κ1) is 18.8. The molecule has 0 aliphatic rings. The Bertz CT molecular complexity index is 1070. The van der Waals surface area contributed by atoms with Crippen molar-refractivity contribution in [3.05, 3.63) is 28.8 Å². The first-order valence-corrected chi connectivity index (χ1v) is 12.4. The van der Waals surface area contributed by atoms with Crippen LogP contribution in [0, 0.1) is 6.92 Å². The van der Waals surface area contributed by atoms with Gasteiger partial charge in [-0.2, -0.15) is 0 Å². The fourth-order valence-corrected chi connectivity index (χ4v) is 7.06. The van der Waals surface area contributed by atoms with E-state index in [1.807, 2.05) is 23.9 Å². The molecule has 27 heavy (non-hydrogen) atoms. The molecular formula is C18H18N4OS4. The van der Waals surface area contributed by atoms with Crippen LogP contribution in [0.5, 0.6) is 0 Å². The Balaban J connectivity index is 1.95. The summed E-state index contributed by atoms with van der Waals surface area (Å²) in [4.78, 5) is 15.5. The zero-order chi connectivity index (χ0) is 19.0. The Hall–Kier alpha value is -1.52. The molecule has 140 valence electrons. The predicted octanol–water partition coefficient (Wildman–Crippen LogP) is 5.34. The molecule has 0 saturated carbocycles. The molecule has 2 N–H and O–H groups in total. The van der Waals surface area contributed by atoms with Gasteiger partial charge in [0, 0.05) is 22.5 Å². The number of aromatic nitrogens is 3. The zero-order valence-corrected chi connectivity index (χ0v) is 18.2. The summed E-state index contributed by atoms with van der Waals surface area (Å²) in [6.07, 6.45) is 3.70. The molecule has 0 aromatic carbocycles. The van der Waals surface area contributed by atoms with Crippen LogP contribution in [0.25, 0.3) is 31.4 Å². The second-order valence-electron chi connectivity index (χ2n) is 6.05. The topological polar surface area (TPSA) is 87.8 Å². The van der Waals surface area contributed by atoms with Crippen LogP contribution < -0.4 is 5.73 Å². The van der Waals surface area contributed by atoms with E-state index < -0.39 is 11.2 Å². The third-order valence-electron chi connectivity index (χ3n) is 4.20. The van der Waals surface area contributed by atoms with Gasteiger partial charge in [-0.1, -0.05) is 24.7 Å². The number of thiophene rings is 1. The van der Waals surface area contributed by atoms with E-state index in [1.165, 1.54) is 11.3 Å². The van der Waals surface area contributed by atoms with Gasteiger partial charge in [0.15, 0.2) is 0 Å². The van der Waals surface area contributed by atoms with Crippen LogP contribution in [0.3, 0.4) is 0 Å². The van der Waals surface area contributed by atoms with Crippen molar-refractivity contribution in [1.29, 1.82) is 0 Å². The molecule has 1 atom stereocenters. The third kappa shape index (κ3) is 3.50. The third-order valence-corrected chi connectivity index (χ3v) is 8.95. The number of rotatable bonds is 6. The predicted molar refractivity (Wildman–Crippen MR) is 117 cm³/mol. The molecule has 0 radical (unpaired) electrons. The van der Waals surface area contributed by atoms with Crippen LogP contribution in [-0.2, 0) is 11.2 Å². The smallest absolute Gasteiger partial charge is 0.232 e. The Labute approximate surface area is 172 Å². The number of thiazole rings is 2. The van der Waals surface area contributed by atoms with Gasteiger partial charge in [-0.15, -0.1) is 22.7 Å². The van der Waals surface area contributed by atoms with Crippen molar-refractivity contribution in [3.8, 4) is 21.1 Å². The summed E-state index contributed by atoms with van der Waals surface area (Å²) in [5.41, 5.74) is 11.7. The number of hydrogen-bond donors (Lipinski definition) is 1. The molecule has 1 unspecified atom stereocenters. The van der Waals surface area contributed by atoms with Crippen molar-refractivity contribution in [3.63, 3.8) is 0 Å². The minimum atomic E-state index is -1.10. The first-order valence-electron chi connectivity index (χ1n) is 8.51. The average molecular weight is 435 g/mol. The van der Waals surface area contributed by atoms with Crippen LogP contribution in [-0.4, -0.2) is 25.3 Å². The maximum Gasteiger partial charge on any atom is 0.232 e. The second kappa shape index (κ2) is 7.84. The van der Waals surface area contributed by atoms with E-state index in [9.17, 15) is 4.55 Å². The summed E-state index contributed by atoms with van der Waals surface area (Å²) in [7, 11) is 0. The number of nitrogen functional groups attached to an aromatic ring is 1. The molecule has 4 aromatic heterocycles. The van der Waals surface area contributed by atoms with E-state index in [0.717, 1.165) is 54.1 Å². The number of hydrogen-bond acceptors (Lipinski definition) is 8. The highest BCUT2D eigenvalue weighted by molar-refractivity contribution is 7.93. The summed E-state index contributed by atoms with van der Waals surface area (Å²) in [5.74, 6) is 0.627. The average Bonchev–Trinajstić information content (AvgIpc) is 3.39. The minimum absolute atomic E-state index is 0.588. The van der Waals surface area contributed by atoms with E-state index >= 15 is 0 Å². The number of nitrogens with zero attached hydrogens (tertiary/aromatic N) is 3. The molecule has 0 spiro atoms. The van der Waals surface area contributed by atoms with Crippen molar-refractivity contribution in [2.24, 2.45) is 0 Å². The highest BCUT2D eigenvalue weighted by Crippen LogP contribution is 2.45. The van der Waals surface area contributed by atoms with Gasteiger partial charge in [0.25, 0.3) is 0 Å². The van der Waals surface area contributed by atoms with Gasteiger partial charge >= 0.3 is 0 Å². The molecule has 5 nitrogen and oxygen atoms in total. The van der Waals surface area contributed by atoms with Crippen LogP contribution in [0.1, 0.15) is 25.5 Å². The molecule has 9 heteroatoms. The highest BCUT2D eigenvalue weighted by atomic mass is 32.2. The molecule has 4 aromatic rings. The first-order chi connectivity index (χ1) is 13.1. The molecule has 4 rings (SSSR count). The van der Waals surface area contributed by atoms with Crippen molar-refractivity contribution in [2.75, 3.05) is 11.5 Å². The molecular weight excluding hydrogens is 416 g/mol. The van der Waals surface area contributed by atoms with Crippen LogP contribution >= 0.6 is 34.0 Å². The van der Waals surface area contributed by atoms with Crippen LogP contribution in [0.15, 0.2) is 27.4 Å². The number of pyridine rings is 1. The number of anilines is 1. The molecule has 0 bridgehead atoms. The van der Waals surface area contributed by atoms with Crippen molar-refractivity contribution in [2.45, 2.75) is 30.9 Å². The number of aryl methyl sites for hydroxylation is 1. The SMILES string of the molecule is CCCC[S+]([O-])c1sc2nc(-c3nccs3)cc(-c3scnc3C)c2c1N. The lowest BCUT2D eigenvalue weighted by atomic mass is 10.1. The molecule has 0 aliphatic heterocycles. The number of nitrogens with two attached hydrogens (primary N) is 1. The van der Waals surface area contributed by atoms with Crippen molar-refractivity contribution in [1.82, 2.24) is 15.0 Å². The normalized spacial score (nSPS) is 12.7. The lowest BCUT2D eigenvalue weighted by Gasteiger charge is -2.08. The van der Waals surface area contributed by atoms with Gasteiger partial charge < -0.3 is 10.3 Å². The fraction of sp³-hybridized carbons (Fsp3) is 0.278. The lowest BCUT2D eigenvalue weighted by molar-refractivity contribution is 0.594. The summed E-state index contributed by atoms with van der Waals surface area (Å²) in [6.45, 7) is 4.09. The van der Waals surface area contributed by atoms with E-state index in [2.05, 4.69) is 16.9 Å². The fourth-order valence-electron chi connectivity index (χ4n) is 2.84.